The Labute approximate surface area is 143 Å². The predicted octanol–water partition coefficient (Wildman–Crippen LogP) is 3.78. The molecule has 4 heteroatoms. The van der Waals surface area contributed by atoms with E-state index in [0.717, 1.165) is 37.1 Å². The zero-order valence-electron chi connectivity index (χ0n) is 13.7. The van der Waals surface area contributed by atoms with E-state index in [0.29, 0.717) is 0 Å². The van der Waals surface area contributed by atoms with E-state index in [-0.39, 0.29) is 0 Å². The number of benzene rings is 2. The second-order valence-corrected chi connectivity index (χ2v) is 6.58. The molecule has 0 aromatic heterocycles. The second kappa shape index (κ2) is 7.11. The van der Waals surface area contributed by atoms with Crippen molar-refractivity contribution in [3.05, 3.63) is 65.2 Å². The highest BCUT2D eigenvalue weighted by Gasteiger charge is 2.22. The molecule has 1 aliphatic heterocycles. The number of hydrogen-bond acceptors (Lipinski definition) is 2. The van der Waals surface area contributed by atoms with Gasteiger partial charge in [0, 0.05) is 25.3 Å². The summed E-state index contributed by atoms with van der Waals surface area (Å²) in [5, 5.41) is 4.22. The van der Waals surface area contributed by atoms with Crippen molar-refractivity contribution in [1.82, 2.24) is 9.80 Å². The molecule has 0 saturated carbocycles. The second-order valence-electron chi connectivity index (χ2n) is 6.19. The molecule has 0 atom stereocenters. The molecule has 1 saturated heterocycles. The quantitative estimate of drug-likeness (QED) is 0.865. The van der Waals surface area contributed by atoms with Gasteiger partial charge in [-0.2, -0.15) is 0 Å². The Balaban J connectivity index is 1.58. The summed E-state index contributed by atoms with van der Waals surface area (Å²) in [6, 6.07) is 17.0. The SMILES string of the molecule is Cc1ccc(C)c(NC(=S)N2CCN(Cc3ccccc3)C2)c1. The summed E-state index contributed by atoms with van der Waals surface area (Å²) in [6.45, 7) is 8.09. The first-order chi connectivity index (χ1) is 11.1. The smallest absolute Gasteiger partial charge is 0.174 e. The van der Waals surface area contributed by atoms with Crippen LogP contribution in [0.1, 0.15) is 16.7 Å². The Kier molecular flexibility index (Phi) is 4.94. The van der Waals surface area contributed by atoms with Crippen LogP contribution in [0.3, 0.4) is 0 Å². The van der Waals surface area contributed by atoms with Gasteiger partial charge in [0.25, 0.3) is 0 Å². The number of nitrogens with one attached hydrogen (secondary N) is 1. The topological polar surface area (TPSA) is 18.5 Å². The Morgan fingerprint density at radius 3 is 2.65 bits per heavy atom. The number of thiocarbonyl (C=S) groups is 1. The molecule has 1 heterocycles. The van der Waals surface area contributed by atoms with Gasteiger partial charge in [-0.3, -0.25) is 4.90 Å². The van der Waals surface area contributed by atoms with Crippen LogP contribution in [-0.2, 0) is 6.54 Å². The lowest BCUT2D eigenvalue weighted by Crippen LogP contribution is -2.34. The Morgan fingerprint density at radius 1 is 1.09 bits per heavy atom. The number of anilines is 1. The fraction of sp³-hybridized carbons (Fsp3) is 0.316. The molecule has 1 fully saturated rings. The largest absolute Gasteiger partial charge is 0.335 e. The van der Waals surface area contributed by atoms with Crippen LogP contribution in [0.4, 0.5) is 5.69 Å². The molecule has 3 rings (SSSR count). The van der Waals surface area contributed by atoms with Gasteiger partial charge < -0.3 is 10.2 Å². The molecule has 0 unspecified atom stereocenters. The van der Waals surface area contributed by atoms with E-state index >= 15 is 0 Å². The van der Waals surface area contributed by atoms with Crippen LogP contribution in [0, 0.1) is 13.8 Å². The lowest BCUT2D eigenvalue weighted by Gasteiger charge is -2.22. The predicted molar refractivity (Wildman–Crippen MR) is 101 cm³/mol. The van der Waals surface area contributed by atoms with Crippen LogP contribution in [0.5, 0.6) is 0 Å². The molecule has 0 amide bonds. The van der Waals surface area contributed by atoms with Crippen molar-refractivity contribution in [2.75, 3.05) is 25.1 Å². The van der Waals surface area contributed by atoms with Crippen molar-refractivity contribution in [2.45, 2.75) is 20.4 Å². The lowest BCUT2D eigenvalue weighted by atomic mass is 10.1. The van der Waals surface area contributed by atoms with Crippen LogP contribution >= 0.6 is 12.2 Å². The van der Waals surface area contributed by atoms with E-state index < -0.39 is 0 Å². The molecule has 3 nitrogen and oxygen atoms in total. The van der Waals surface area contributed by atoms with Gasteiger partial charge >= 0.3 is 0 Å². The van der Waals surface area contributed by atoms with Gasteiger partial charge in [-0.05, 0) is 48.8 Å². The van der Waals surface area contributed by atoms with E-state index in [1.165, 1.54) is 16.7 Å². The number of rotatable bonds is 3. The molecule has 0 spiro atoms. The number of hydrogen-bond donors (Lipinski definition) is 1. The summed E-state index contributed by atoms with van der Waals surface area (Å²) in [5.74, 6) is 0. The zero-order valence-corrected chi connectivity index (χ0v) is 14.6. The molecular weight excluding hydrogens is 302 g/mol. The van der Waals surface area contributed by atoms with E-state index in [2.05, 4.69) is 77.5 Å². The average Bonchev–Trinajstić information content (AvgIpc) is 3.00. The fourth-order valence-electron chi connectivity index (χ4n) is 2.85. The molecule has 0 bridgehead atoms. The Bertz CT molecular complexity index is 684. The highest BCUT2D eigenvalue weighted by molar-refractivity contribution is 7.80. The van der Waals surface area contributed by atoms with E-state index in [4.69, 9.17) is 12.2 Å². The third-order valence-corrected chi connectivity index (χ3v) is 4.59. The minimum absolute atomic E-state index is 0.814. The van der Waals surface area contributed by atoms with Gasteiger partial charge in [0.05, 0.1) is 6.67 Å². The van der Waals surface area contributed by atoms with E-state index in [1.807, 2.05) is 0 Å². The minimum atomic E-state index is 0.814. The number of aryl methyl sites for hydroxylation is 2. The third kappa shape index (κ3) is 4.09. The molecule has 2 aromatic carbocycles. The standard InChI is InChI=1S/C19H23N3S/c1-15-8-9-16(2)18(12-15)20-19(23)22-11-10-21(14-22)13-17-6-4-3-5-7-17/h3-9,12H,10-11,13-14H2,1-2H3,(H,20,23). The molecule has 0 radical (unpaired) electrons. The van der Waals surface area contributed by atoms with Crippen molar-refractivity contribution in [2.24, 2.45) is 0 Å². The van der Waals surface area contributed by atoms with Crippen molar-refractivity contribution in [3.8, 4) is 0 Å². The van der Waals surface area contributed by atoms with Gasteiger partial charge in [0.15, 0.2) is 5.11 Å². The summed E-state index contributed by atoms with van der Waals surface area (Å²) >= 11 is 5.60. The average molecular weight is 325 g/mol. The Morgan fingerprint density at radius 2 is 1.87 bits per heavy atom. The van der Waals surface area contributed by atoms with Gasteiger partial charge in [-0.1, -0.05) is 42.5 Å². The van der Waals surface area contributed by atoms with Crippen LogP contribution in [-0.4, -0.2) is 34.7 Å². The molecule has 1 N–H and O–H groups in total. The third-order valence-electron chi connectivity index (χ3n) is 4.23. The molecular formula is C19H23N3S. The molecule has 1 aliphatic rings. The summed E-state index contributed by atoms with van der Waals surface area (Å²) < 4.78 is 0. The van der Waals surface area contributed by atoms with E-state index in [9.17, 15) is 0 Å². The van der Waals surface area contributed by atoms with Crippen molar-refractivity contribution >= 4 is 23.0 Å². The van der Waals surface area contributed by atoms with Crippen molar-refractivity contribution in [3.63, 3.8) is 0 Å². The van der Waals surface area contributed by atoms with Crippen molar-refractivity contribution in [1.29, 1.82) is 0 Å². The van der Waals surface area contributed by atoms with Crippen LogP contribution < -0.4 is 5.32 Å². The first-order valence-corrected chi connectivity index (χ1v) is 8.42. The normalized spacial score (nSPS) is 15.0. The summed E-state index contributed by atoms with van der Waals surface area (Å²) in [6.07, 6.45) is 0. The highest BCUT2D eigenvalue weighted by atomic mass is 32.1. The molecule has 0 aliphatic carbocycles. The van der Waals surface area contributed by atoms with Crippen LogP contribution in [0.25, 0.3) is 0 Å². The first kappa shape index (κ1) is 16.0. The van der Waals surface area contributed by atoms with Crippen LogP contribution in [0.15, 0.2) is 48.5 Å². The van der Waals surface area contributed by atoms with Gasteiger partial charge in [-0.15, -0.1) is 0 Å². The van der Waals surface area contributed by atoms with Crippen LogP contribution in [0.2, 0.25) is 0 Å². The van der Waals surface area contributed by atoms with E-state index in [1.54, 1.807) is 0 Å². The lowest BCUT2D eigenvalue weighted by molar-refractivity contribution is 0.295. The first-order valence-electron chi connectivity index (χ1n) is 8.01. The fourth-order valence-corrected chi connectivity index (χ4v) is 3.11. The van der Waals surface area contributed by atoms with Crippen molar-refractivity contribution < 1.29 is 0 Å². The molecule has 23 heavy (non-hydrogen) atoms. The summed E-state index contributed by atoms with van der Waals surface area (Å²) in [5.41, 5.74) is 4.92. The number of nitrogens with zero attached hydrogens (tertiary/aromatic N) is 2. The Hall–Kier alpha value is -1.91. The summed E-state index contributed by atoms with van der Waals surface area (Å²) in [4.78, 5) is 4.66. The summed E-state index contributed by atoms with van der Waals surface area (Å²) in [7, 11) is 0. The maximum absolute atomic E-state index is 5.60. The minimum Gasteiger partial charge on any atom is -0.335 e. The maximum atomic E-state index is 5.60. The maximum Gasteiger partial charge on any atom is 0.174 e. The molecule has 2 aromatic rings. The van der Waals surface area contributed by atoms with Gasteiger partial charge in [-0.25, -0.2) is 0 Å². The zero-order chi connectivity index (χ0) is 16.2. The van der Waals surface area contributed by atoms with Gasteiger partial charge in [0.1, 0.15) is 0 Å². The molecule has 120 valence electrons. The monoisotopic (exact) mass is 325 g/mol. The highest BCUT2D eigenvalue weighted by Crippen LogP contribution is 2.18. The van der Waals surface area contributed by atoms with Gasteiger partial charge in [0.2, 0.25) is 0 Å².